The van der Waals surface area contributed by atoms with Gasteiger partial charge in [0.05, 0.1) is 50.9 Å². The predicted octanol–water partition coefficient (Wildman–Crippen LogP) is -8.99. The highest BCUT2D eigenvalue weighted by Gasteiger charge is 2.44. The van der Waals surface area contributed by atoms with E-state index in [1.165, 1.54) is 69.9 Å². The number of carbonyl (C=O) groups is 21. The maximum absolute atomic E-state index is 14.6. The quantitative estimate of drug-likeness (QED) is 0.0184. The van der Waals surface area contributed by atoms with Crippen LogP contribution in [0.5, 0.6) is 5.75 Å². The normalized spacial score (nSPS) is 16.1. The molecule has 742 valence electrons. The molecular weight excluding hydrogens is 1790 g/mol. The lowest BCUT2D eigenvalue weighted by molar-refractivity contribution is -0.144. The molecule has 1 saturated heterocycles. The summed E-state index contributed by atoms with van der Waals surface area (Å²) in [6.45, 7) is 6.97. The molecule has 0 saturated carbocycles. The number of nitrogens with zero attached hydrogens (tertiary/aromatic N) is 1. The van der Waals surface area contributed by atoms with Crippen LogP contribution in [0.4, 0.5) is 4.79 Å². The zero-order chi connectivity index (χ0) is 101. The maximum Gasteiger partial charge on any atom is 0.334 e. The summed E-state index contributed by atoms with van der Waals surface area (Å²) in [5, 5.41) is 136. The van der Waals surface area contributed by atoms with Crippen LogP contribution >= 0.6 is 11.8 Å². The highest BCUT2D eigenvalue weighted by Crippen LogP contribution is 2.23. The fourth-order valence-electron chi connectivity index (χ4n) is 13.5. The predicted molar refractivity (Wildman–Crippen MR) is 470 cm³/mol. The van der Waals surface area contributed by atoms with Gasteiger partial charge in [-0.3, -0.25) is 96.5 Å². The lowest BCUT2D eigenvalue weighted by Crippen LogP contribution is -2.63. The highest BCUT2D eigenvalue weighted by molar-refractivity contribution is 7.98. The van der Waals surface area contributed by atoms with Crippen molar-refractivity contribution < 1.29 is 152 Å². The second-order valence-electron chi connectivity index (χ2n) is 32.3. The smallest absolute Gasteiger partial charge is 0.334 e. The number of para-hydroxylation sites is 1. The van der Waals surface area contributed by atoms with E-state index in [0.717, 1.165) is 32.6 Å². The fraction of sp³-hybridized carbons (Fsp3) is 0.573. The molecule has 134 heavy (non-hydrogen) atoms. The van der Waals surface area contributed by atoms with Crippen LogP contribution in [0.2, 0.25) is 0 Å². The Morgan fingerprint density at radius 1 is 0.470 bits per heavy atom. The second kappa shape index (κ2) is 55.8. The number of aromatic amines is 1. The molecule has 2 aromatic carbocycles. The van der Waals surface area contributed by atoms with Crippen LogP contribution in [0.1, 0.15) is 131 Å². The SMILES string of the molecule is CSCC[C@H](NC(=O)[C@H](CO)NC(=O)NNC(=O)[C@@H]1CCCN1C(=O)[C@@H](NC(=O)[C@@H](NC(=O)[C@H](CC(=O)O)NC(=O)[C@H](CCC(=O)O)NC(=O)[C@@H](NC(=O)[C@H](CC(=O)O)NC(C)=O)[C@@H](C)O)C(C)C)C(C)C)C(=O)N[C@@H](CO)C(=O)N[C@@H](Cc1ccc(O)cc1)C(=O)N[C@H](C(=O)N[C@@H](Cc1c[nH]c2ccccc12)C(=O)N[C@H](C(=O)NCC(=O)N[C@@H](CCCCN)C(=O)O)[C@@H](C)O)[C@@H](C)O. The number of thioether (sulfide) groups is 1. The molecule has 4 rings (SSSR count). The fourth-order valence-corrected chi connectivity index (χ4v) is 14.0. The molecule has 0 radical (unpaired) electrons. The van der Waals surface area contributed by atoms with Gasteiger partial charge in [-0.05, 0) is 125 Å². The van der Waals surface area contributed by atoms with Gasteiger partial charge >= 0.3 is 29.9 Å². The van der Waals surface area contributed by atoms with Crippen LogP contribution in [0.3, 0.4) is 0 Å². The number of carbonyl (C=O) groups excluding carboxylic acids is 17. The lowest BCUT2D eigenvalue weighted by Gasteiger charge is -2.32. The van der Waals surface area contributed by atoms with Crippen LogP contribution in [0.25, 0.3) is 10.9 Å². The van der Waals surface area contributed by atoms with E-state index in [1.807, 2.05) is 10.7 Å². The van der Waals surface area contributed by atoms with Crippen LogP contribution < -0.4 is 96.3 Å². The average molecular weight is 1920 g/mol. The van der Waals surface area contributed by atoms with Gasteiger partial charge in [-0.2, -0.15) is 11.8 Å². The van der Waals surface area contributed by atoms with Crippen LogP contribution in [-0.4, -0.2) is 339 Å². The minimum Gasteiger partial charge on any atom is -0.508 e. The first-order valence-electron chi connectivity index (χ1n) is 42.6. The standard InChI is InChI=1S/C82H122N20O31S/c1-37(2)62(95-72(122)54(32-61(115)116)91-67(117)48(23-24-59(111)112)89-78(128)65(40(6)106)99-71(121)53(31-60(113)114)86-42(8)108)77(127)96-63(38(3)4)80(130)102-27-14-18-57(102)75(125)100-101-82(133)94-56(36-104)74(124)88-49(25-28-134-9)68(118)93-55(35-103)73(123)90-51(29-43-19-21-45(109)22-20-43)69(119)98-66(41(7)107)79(129)92-52(30-44-33-84-47-16-11-10-15-46(44)47)70(120)97-64(39(5)105)76(126)85-34-58(110)87-50(81(131)132)17-12-13-26-83/h10-11,15-16,19-22,33,37-41,48-57,62-66,84,103-107,109H,12-14,17-18,23-32,34-36,83H2,1-9H3,(H,85,126)(H,86,108)(H,87,110)(H,88,124)(H,89,128)(H,90,123)(H,91,117)(H,92,129)(H,93,118)(H,95,122)(H,96,127)(H,97,120)(H,98,119)(H,99,121)(H,100,125)(H,111,112)(H,113,114)(H,115,116)(H,131,132)(H2,94,101,133)/t39-,40-,41-,48+,49+,50+,51+,52+,53+,54+,55+,56+,57+,62+,63+,64+,65+,66+/m1/s1. The molecule has 0 unspecified atom stereocenters. The van der Waals surface area contributed by atoms with E-state index in [-0.39, 0.29) is 62.3 Å². The van der Waals surface area contributed by atoms with Crippen molar-refractivity contribution in [2.24, 2.45) is 17.6 Å². The van der Waals surface area contributed by atoms with Gasteiger partial charge in [0.25, 0.3) is 5.91 Å². The number of phenols is 1. The number of nitrogens with one attached hydrogen (secondary N) is 18. The van der Waals surface area contributed by atoms with Crippen molar-refractivity contribution in [1.82, 2.24) is 100 Å². The minimum atomic E-state index is -2.10. The number of urea groups is 1. The first-order chi connectivity index (χ1) is 63.1. The molecule has 1 fully saturated rings. The summed E-state index contributed by atoms with van der Waals surface area (Å²) in [6, 6.07) is -16.0. The van der Waals surface area contributed by atoms with Gasteiger partial charge in [-0.1, -0.05) is 58.0 Å². The number of carboxylic acid groups (broad SMARTS) is 4. The number of benzene rings is 2. The first-order valence-corrected chi connectivity index (χ1v) is 44.0. The largest absolute Gasteiger partial charge is 0.508 e. The van der Waals surface area contributed by atoms with Gasteiger partial charge < -0.3 is 146 Å². The van der Waals surface area contributed by atoms with Gasteiger partial charge in [-0.15, -0.1) is 0 Å². The van der Waals surface area contributed by atoms with Gasteiger partial charge in [0.1, 0.15) is 96.4 Å². The molecule has 18 amide bonds. The number of rotatable bonds is 56. The summed E-state index contributed by atoms with van der Waals surface area (Å²) in [6.07, 6.45) is -6.12. The molecule has 1 aromatic heterocycles. The van der Waals surface area contributed by atoms with Crippen molar-refractivity contribution in [3.63, 3.8) is 0 Å². The Labute approximate surface area is 771 Å². The zero-order valence-corrected chi connectivity index (χ0v) is 75.8. The number of carboxylic acids is 4. The summed E-state index contributed by atoms with van der Waals surface area (Å²) in [5.74, 6) is -26.5. The summed E-state index contributed by atoms with van der Waals surface area (Å²) in [7, 11) is 0. The first kappa shape index (κ1) is 113. The Bertz CT molecular complexity index is 4620. The molecular formula is C82H122N20O31S. The van der Waals surface area contributed by atoms with Crippen molar-refractivity contribution >= 4 is 147 Å². The summed E-state index contributed by atoms with van der Waals surface area (Å²) < 4.78 is 0. The number of aromatic nitrogens is 1. The lowest BCUT2D eigenvalue weighted by atomic mass is 9.98. The third kappa shape index (κ3) is 37.0. The number of hydrogen-bond donors (Lipinski definition) is 29. The molecule has 30 N–H and O–H groups in total. The monoisotopic (exact) mass is 1910 g/mol. The van der Waals surface area contributed by atoms with E-state index in [9.17, 15) is 152 Å². The van der Waals surface area contributed by atoms with Crippen LogP contribution in [0.15, 0.2) is 54.7 Å². The van der Waals surface area contributed by atoms with Crippen molar-refractivity contribution in [1.29, 1.82) is 0 Å². The number of amides is 18. The van der Waals surface area contributed by atoms with Crippen molar-refractivity contribution in [2.75, 3.05) is 44.9 Å². The maximum atomic E-state index is 14.6. The van der Waals surface area contributed by atoms with E-state index < -0.39 is 297 Å². The molecule has 1 aliphatic heterocycles. The van der Waals surface area contributed by atoms with E-state index in [1.54, 1.807) is 30.5 Å². The van der Waals surface area contributed by atoms with Gasteiger partial charge in [0.15, 0.2) is 0 Å². The highest BCUT2D eigenvalue weighted by atomic mass is 32.2. The molecule has 0 aliphatic carbocycles. The second-order valence-corrected chi connectivity index (χ2v) is 33.2. The number of aliphatic carboxylic acids is 4. The van der Waals surface area contributed by atoms with E-state index >= 15 is 0 Å². The number of hydrazine groups is 1. The van der Waals surface area contributed by atoms with Crippen LogP contribution in [0, 0.1) is 11.8 Å². The number of H-pyrrole nitrogens is 1. The Kier molecular flexibility index (Phi) is 47.0. The molecule has 0 spiro atoms. The molecule has 0 bridgehead atoms. The zero-order valence-electron chi connectivity index (χ0n) is 74.9. The van der Waals surface area contributed by atoms with Crippen molar-refractivity contribution in [3.05, 3.63) is 65.9 Å². The number of likely N-dealkylation sites (tertiary alicyclic amines) is 1. The summed E-state index contributed by atoms with van der Waals surface area (Å²) in [4.78, 5) is 286. The molecule has 18 atom stereocenters. The summed E-state index contributed by atoms with van der Waals surface area (Å²) in [5.41, 5.74) is 10.9. The Morgan fingerprint density at radius 2 is 0.918 bits per heavy atom. The number of aliphatic hydroxyl groups is 5. The number of aromatic hydroxyl groups is 1. The third-order valence-corrected chi connectivity index (χ3v) is 21.4. The number of nitrogens with two attached hydrogens (primary N) is 1. The Hall–Kier alpha value is -13.4. The molecule has 52 heteroatoms. The third-order valence-electron chi connectivity index (χ3n) is 20.8. The van der Waals surface area contributed by atoms with Gasteiger partial charge in [-0.25, -0.2) is 15.0 Å². The number of unbranched alkanes of at least 4 members (excludes halogenated alkanes) is 1. The minimum absolute atomic E-state index is 0.0141. The Morgan fingerprint density at radius 3 is 1.43 bits per heavy atom. The molecule has 51 nitrogen and oxygen atoms in total. The number of aliphatic hydroxyl groups excluding tert-OH is 5. The molecule has 1 aliphatic rings. The molecule has 3 aromatic rings. The van der Waals surface area contributed by atoms with Gasteiger partial charge in [0.2, 0.25) is 88.6 Å². The molecule has 2 heterocycles. The van der Waals surface area contributed by atoms with E-state index in [2.05, 4.69) is 84.8 Å². The Balaban J connectivity index is 1.48. The van der Waals surface area contributed by atoms with Crippen molar-refractivity contribution in [3.8, 4) is 5.75 Å². The topological polar surface area (TPSA) is 810 Å². The van der Waals surface area contributed by atoms with E-state index in [0.29, 0.717) is 29.3 Å². The van der Waals surface area contributed by atoms with Crippen LogP contribution in [-0.2, 0) is 109 Å². The number of phenolic OH excluding ortho intramolecular Hbond substituents is 1. The number of fused-ring (bicyclic) bond motifs is 1. The van der Waals surface area contributed by atoms with Gasteiger partial charge in [0, 0.05) is 49.8 Å². The summed E-state index contributed by atoms with van der Waals surface area (Å²) >= 11 is 1.17. The van der Waals surface area contributed by atoms with Crippen molar-refractivity contribution in [2.45, 2.75) is 241 Å². The average Bonchev–Trinajstić information content (AvgIpc) is 1.79. The number of hydrogen-bond acceptors (Lipinski definition) is 29. The van der Waals surface area contributed by atoms with E-state index in [4.69, 9.17) is 5.73 Å².